The van der Waals surface area contributed by atoms with Gasteiger partial charge < -0.3 is 10.2 Å². The Bertz CT molecular complexity index is 336. The van der Waals surface area contributed by atoms with E-state index in [0.717, 1.165) is 23.6 Å². The number of nitrogens with zero attached hydrogens (tertiary/aromatic N) is 1. The monoisotopic (exact) mass is 240 g/mol. The molecule has 0 saturated carbocycles. The Balaban J connectivity index is 2.38. The summed E-state index contributed by atoms with van der Waals surface area (Å²) in [5, 5.41) is 3.52. The van der Waals surface area contributed by atoms with Gasteiger partial charge in [0.25, 0.3) is 5.91 Å². The minimum atomic E-state index is 0.174. The van der Waals surface area contributed by atoms with Crippen molar-refractivity contribution in [2.75, 3.05) is 12.3 Å². The summed E-state index contributed by atoms with van der Waals surface area (Å²) < 4.78 is 0. The summed E-state index contributed by atoms with van der Waals surface area (Å²) in [7, 11) is 0. The Hall–Kier alpha value is -0.640. The first kappa shape index (κ1) is 11.8. The molecule has 16 heavy (non-hydrogen) atoms. The average molecular weight is 240 g/mol. The van der Waals surface area contributed by atoms with Crippen LogP contribution in [-0.2, 0) is 4.79 Å². The molecule has 0 aromatic carbocycles. The van der Waals surface area contributed by atoms with Gasteiger partial charge in [-0.05, 0) is 11.8 Å². The van der Waals surface area contributed by atoms with E-state index in [1.165, 1.54) is 0 Å². The molecule has 1 atom stereocenters. The predicted molar refractivity (Wildman–Crippen MR) is 67.8 cm³/mol. The van der Waals surface area contributed by atoms with Gasteiger partial charge in [0.05, 0.1) is 0 Å². The van der Waals surface area contributed by atoms with Gasteiger partial charge in [-0.25, -0.2) is 0 Å². The van der Waals surface area contributed by atoms with Crippen molar-refractivity contribution in [3.63, 3.8) is 0 Å². The third-order valence-electron chi connectivity index (χ3n) is 3.11. The van der Waals surface area contributed by atoms with Crippen molar-refractivity contribution in [3.8, 4) is 0 Å². The fourth-order valence-electron chi connectivity index (χ4n) is 2.31. The van der Waals surface area contributed by atoms with E-state index in [-0.39, 0.29) is 11.4 Å². The molecule has 0 radical (unpaired) electrons. The van der Waals surface area contributed by atoms with Gasteiger partial charge in [0, 0.05) is 23.6 Å². The quantitative estimate of drug-likeness (QED) is 0.801. The highest BCUT2D eigenvalue weighted by Crippen LogP contribution is 2.33. The van der Waals surface area contributed by atoms with Crippen LogP contribution in [0, 0.1) is 11.8 Å². The summed E-state index contributed by atoms with van der Waals surface area (Å²) in [6.07, 6.45) is 0. The number of hydrogen-bond donors (Lipinski definition) is 1. The standard InChI is InChI=1S/C12H20N2OS/c1-7(2)9-10(8(3)4)13-12-14(11(9)15)5-6-16-12/h7-8,12-13H,5-6H2,1-4H3. The second kappa shape index (κ2) is 4.32. The van der Waals surface area contributed by atoms with Crippen molar-refractivity contribution in [1.82, 2.24) is 10.2 Å². The van der Waals surface area contributed by atoms with Gasteiger partial charge in [-0.2, -0.15) is 0 Å². The molecule has 1 N–H and O–H groups in total. The summed E-state index contributed by atoms with van der Waals surface area (Å²) >= 11 is 1.82. The minimum absolute atomic E-state index is 0.174. The van der Waals surface area contributed by atoms with Gasteiger partial charge in [0.15, 0.2) is 5.50 Å². The third kappa shape index (κ3) is 1.83. The maximum absolute atomic E-state index is 12.4. The van der Waals surface area contributed by atoms with Crippen molar-refractivity contribution >= 4 is 17.7 Å². The zero-order chi connectivity index (χ0) is 11.9. The molecule has 4 heteroatoms. The topological polar surface area (TPSA) is 32.3 Å². The number of rotatable bonds is 2. The zero-order valence-electron chi connectivity index (χ0n) is 10.4. The number of carbonyl (C=O) groups excluding carboxylic acids is 1. The normalized spacial score (nSPS) is 25.5. The Morgan fingerprint density at radius 3 is 2.56 bits per heavy atom. The van der Waals surface area contributed by atoms with E-state index in [1.807, 2.05) is 16.7 Å². The molecule has 2 aliphatic rings. The molecule has 1 unspecified atom stereocenters. The summed E-state index contributed by atoms with van der Waals surface area (Å²) in [5.41, 5.74) is 2.30. The minimum Gasteiger partial charge on any atom is -0.359 e. The summed E-state index contributed by atoms with van der Waals surface area (Å²) in [6.45, 7) is 9.37. The number of carbonyl (C=O) groups is 1. The molecule has 3 nitrogen and oxygen atoms in total. The number of hydrogen-bond acceptors (Lipinski definition) is 3. The Labute approximate surface area is 102 Å². The van der Waals surface area contributed by atoms with Crippen molar-refractivity contribution < 1.29 is 4.79 Å². The molecule has 2 aliphatic heterocycles. The number of amides is 1. The molecule has 0 aliphatic carbocycles. The summed E-state index contributed by atoms with van der Waals surface area (Å²) in [6, 6.07) is 0. The van der Waals surface area contributed by atoms with Crippen LogP contribution >= 0.6 is 11.8 Å². The molecule has 0 aromatic heterocycles. The van der Waals surface area contributed by atoms with Crippen LogP contribution in [0.2, 0.25) is 0 Å². The van der Waals surface area contributed by atoms with E-state index >= 15 is 0 Å². The lowest BCUT2D eigenvalue weighted by Crippen LogP contribution is -2.50. The predicted octanol–water partition coefficient (Wildman–Crippen LogP) is 2.01. The molecule has 0 aromatic rings. The van der Waals surface area contributed by atoms with Gasteiger partial charge in [0.1, 0.15) is 0 Å². The lowest BCUT2D eigenvalue weighted by atomic mass is 9.93. The largest absolute Gasteiger partial charge is 0.359 e. The molecule has 0 spiro atoms. The van der Waals surface area contributed by atoms with Crippen LogP contribution < -0.4 is 5.32 Å². The second-order valence-corrected chi connectivity index (χ2v) is 6.19. The van der Waals surface area contributed by atoms with Crippen molar-refractivity contribution in [1.29, 1.82) is 0 Å². The van der Waals surface area contributed by atoms with Crippen LogP contribution in [0.3, 0.4) is 0 Å². The van der Waals surface area contributed by atoms with Gasteiger partial charge in [-0.15, -0.1) is 11.8 Å². The SMILES string of the molecule is CC(C)C1=C(C(C)C)C(=O)N2CCSC2N1. The van der Waals surface area contributed by atoms with Crippen LogP contribution in [-0.4, -0.2) is 28.6 Å². The number of nitrogens with one attached hydrogen (secondary N) is 1. The summed E-state index contributed by atoms with van der Waals surface area (Å²) in [4.78, 5) is 14.3. The maximum atomic E-state index is 12.4. The highest BCUT2D eigenvalue weighted by Gasteiger charge is 2.38. The van der Waals surface area contributed by atoms with E-state index in [0.29, 0.717) is 11.8 Å². The lowest BCUT2D eigenvalue weighted by molar-refractivity contribution is -0.129. The van der Waals surface area contributed by atoms with Crippen molar-refractivity contribution in [2.24, 2.45) is 11.8 Å². The van der Waals surface area contributed by atoms with Crippen LogP contribution in [0.5, 0.6) is 0 Å². The third-order valence-corrected chi connectivity index (χ3v) is 4.21. The van der Waals surface area contributed by atoms with Gasteiger partial charge in [0.2, 0.25) is 0 Å². The van der Waals surface area contributed by atoms with Crippen molar-refractivity contribution in [2.45, 2.75) is 33.2 Å². The van der Waals surface area contributed by atoms with E-state index in [2.05, 4.69) is 33.0 Å². The van der Waals surface area contributed by atoms with Gasteiger partial charge in [-0.1, -0.05) is 27.7 Å². The molecular formula is C12H20N2OS. The molecular weight excluding hydrogens is 220 g/mol. The second-order valence-electron chi connectivity index (χ2n) is 5.00. The molecule has 1 fully saturated rings. The van der Waals surface area contributed by atoms with E-state index in [4.69, 9.17) is 0 Å². The van der Waals surface area contributed by atoms with Gasteiger partial charge in [-0.3, -0.25) is 4.79 Å². The fourth-order valence-corrected chi connectivity index (χ4v) is 3.43. The Morgan fingerprint density at radius 1 is 1.31 bits per heavy atom. The Morgan fingerprint density at radius 2 is 2.00 bits per heavy atom. The summed E-state index contributed by atoms with van der Waals surface area (Å²) in [5.74, 6) is 1.97. The fraction of sp³-hybridized carbons (Fsp3) is 0.750. The molecule has 0 bridgehead atoms. The van der Waals surface area contributed by atoms with E-state index < -0.39 is 0 Å². The van der Waals surface area contributed by atoms with Crippen LogP contribution in [0.25, 0.3) is 0 Å². The first-order valence-electron chi connectivity index (χ1n) is 5.95. The first-order valence-corrected chi connectivity index (χ1v) is 7.00. The smallest absolute Gasteiger partial charge is 0.254 e. The van der Waals surface area contributed by atoms with E-state index in [9.17, 15) is 4.79 Å². The van der Waals surface area contributed by atoms with E-state index in [1.54, 1.807) is 0 Å². The highest BCUT2D eigenvalue weighted by atomic mass is 32.2. The number of fused-ring (bicyclic) bond motifs is 1. The molecule has 1 saturated heterocycles. The molecule has 1 amide bonds. The molecule has 2 heterocycles. The molecule has 2 rings (SSSR count). The van der Waals surface area contributed by atoms with Crippen molar-refractivity contribution in [3.05, 3.63) is 11.3 Å². The number of allylic oxidation sites excluding steroid dienone is 1. The average Bonchev–Trinajstić information content (AvgIpc) is 2.64. The van der Waals surface area contributed by atoms with Crippen LogP contribution in [0.4, 0.5) is 0 Å². The van der Waals surface area contributed by atoms with Crippen LogP contribution in [0.15, 0.2) is 11.3 Å². The molecule has 90 valence electrons. The highest BCUT2D eigenvalue weighted by molar-refractivity contribution is 8.00. The van der Waals surface area contributed by atoms with Gasteiger partial charge >= 0.3 is 0 Å². The first-order chi connectivity index (χ1) is 7.52. The number of thioether (sulfide) groups is 1. The lowest BCUT2D eigenvalue weighted by Gasteiger charge is -2.36. The Kier molecular flexibility index (Phi) is 3.19. The van der Waals surface area contributed by atoms with Crippen LogP contribution in [0.1, 0.15) is 27.7 Å². The zero-order valence-corrected chi connectivity index (χ0v) is 11.2. The maximum Gasteiger partial charge on any atom is 0.254 e.